The van der Waals surface area contributed by atoms with Crippen LogP contribution in [-0.4, -0.2) is 25.9 Å². The van der Waals surface area contributed by atoms with Crippen molar-refractivity contribution < 1.29 is 13.2 Å². The molecule has 6 nitrogen and oxygen atoms in total. The Morgan fingerprint density at radius 3 is 2.59 bits per heavy atom. The second kappa shape index (κ2) is 7.99. The molecule has 1 aromatic carbocycles. The molecule has 0 unspecified atom stereocenters. The summed E-state index contributed by atoms with van der Waals surface area (Å²) in [5, 5.41) is 3.69. The normalized spacial score (nSPS) is 16.6. The maximum atomic E-state index is 12.4. The molecule has 0 spiro atoms. The van der Waals surface area contributed by atoms with E-state index >= 15 is 0 Å². The van der Waals surface area contributed by atoms with Crippen LogP contribution in [0.4, 0.5) is 0 Å². The first-order chi connectivity index (χ1) is 13.9. The van der Waals surface area contributed by atoms with Crippen LogP contribution in [0.1, 0.15) is 58.8 Å². The number of sulfone groups is 1. The highest BCUT2D eigenvalue weighted by Crippen LogP contribution is 2.40. The van der Waals surface area contributed by atoms with Gasteiger partial charge < -0.3 is 10.3 Å². The summed E-state index contributed by atoms with van der Waals surface area (Å²) in [4.78, 5) is 27.5. The smallest absolute Gasteiger partial charge is 0.261 e. The highest BCUT2D eigenvalue weighted by Gasteiger charge is 2.23. The molecule has 1 aromatic heterocycles. The van der Waals surface area contributed by atoms with E-state index in [-0.39, 0.29) is 17.0 Å². The van der Waals surface area contributed by atoms with E-state index in [1.165, 1.54) is 24.5 Å². The SMILES string of the molecule is O=C(NC/C=C/S(=O)(=O)c1ccc(C2CC2)cc1)c1cc2c([nH]c1=O)CCCC2. The van der Waals surface area contributed by atoms with Gasteiger partial charge >= 0.3 is 0 Å². The number of carbonyl (C=O) groups is 1. The second-order valence-corrected chi connectivity index (χ2v) is 9.53. The predicted molar refractivity (Wildman–Crippen MR) is 111 cm³/mol. The first-order valence-electron chi connectivity index (χ1n) is 9.99. The van der Waals surface area contributed by atoms with E-state index in [9.17, 15) is 18.0 Å². The molecule has 29 heavy (non-hydrogen) atoms. The molecule has 2 aliphatic rings. The van der Waals surface area contributed by atoms with Crippen LogP contribution in [0.25, 0.3) is 0 Å². The third kappa shape index (κ3) is 4.50. The number of pyridine rings is 1. The first-order valence-corrected chi connectivity index (χ1v) is 11.5. The molecule has 0 bridgehead atoms. The van der Waals surface area contributed by atoms with Crippen LogP contribution in [0.3, 0.4) is 0 Å². The number of aromatic amines is 1. The lowest BCUT2D eigenvalue weighted by Gasteiger charge is -2.15. The molecule has 1 heterocycles. The summed E-state index contributed by atoms with van der Waals surface area (Å²) in [7, 11) is -3.56. The van der Waals surface area contributed by atoms with Crippen LogP contribution in [0, 0.1) is 0 Å². The van der Waals surface area contributed by atoms with Crippen LogP contribution in [0.5, 0.6) is 0 Å². The molecule has 7 heteroatoms. The number of hydrogen-bond acceptors (Lipinski definition) is 4. The highest BCUT2D eigenvalue weighted by atomic mass is 32.2. The predicted octanol–water partition coefficient (Wildman–Crippen LogP) is 2.85. The fourth-order valence-electron chi connectivity index (χ4n) is 3.69. The third-order valence-electron chi connectivity index (χ3n) is 5.50. The molecule has 4 rings (SSSR count). The number of hydrogen-bond donors (Lipinski definition) is 2. The zero-order chi connectivity index (χ0) is 20.4. The lowest BCUT2D eigenvalue weighted by molar-refractivity contribution is 0.0956. The molecular formula is C22H24N2O4S. The van der Waals surface area contributed by atoms with Gasteiger partial charge in [-0.05, 0) is 73.8 Å². The quantitative estimate of drug-likeness (QED) is 0.763. The molecule has 2 aromatic rings. The molecule has 2 N–H and O–H groups in total. The van der Waals surface area contributed by atoms with E-state index in [1.54, 1.807) is 18.2 Å². The van der Waals surface area contributed by atoms with Gasteiger partial charge in [0.15, 0.2) is 9.84 Å². The van der Waals surface area contributed by atoms with Gasteiger partial charge in [0.1, 0.15) is 5.56 Å². The zero-order valence-corrected chi connectivity index (χ0v) is 16.9. The number of nitrogens with one attached hydrogen (secondary N) is 2. The van der Waals surface area contributed by atoms with Crippen LogP contribution in [-0.2, 0) is 22.7 Å². The van der Waals surface area contributed by atoms with Crippen LogP contribution >= 0.6 is 0 Å². The summed E-state index contributed by atoms with van der Waals surface area (Å²) in [6.07, 6.45) is 7.48. The Kier molecular flexibility index (Phi) is 5.41. The monoisotopic (exact) mass is 412 g/mol. The summed E-state index contributed by atoms with van der Waals surface area (Å²) < 4.78 is 24.8. The maximum Gasteiger partial charge on any atom is 0.261 e. The number of fused-ring (bicyclic) bond motifs is 1. The summed E-state index contributed by atoms with van der Waals surface area (Å²) in [6, 6.07) is 8.63. The van der Waals surface area contributed by atoms with Gasteiger partial charge in [-0.1, -0.05) is 18.2 Å². The van der Waals surface area contributed by atoms with Gasteiger partial charge in [-0.25, -0.2) is 8.42 Å². The topological polar surface area (TPSA) is 96.1 Å². The fourth-order valence-corrected chi connectivity index (χ4v) is 4.71. The summed E-state index contributed by atoms with van der Waals surface area (Å²) in [5.74, 6) is 0.0692. The number of carbonyl (C=O) groups excluding carboxylic acids is 1. The highest BCUT2D eigenvalue weighted by molar-refractivity contribution is 7.94. The second-order valence-electron chi connectivity index (χ2n) is 7.69. The number of H-pyrrole nitrogens is 1. The number of benzene rings is 1. The molecule has 1 saturated carbocycles. The summed E-state index contributed by atoms with van der Waals surface area (Å²) in [5.41, 5.74) is 2.76. The van der Waals surface area contributed by atoms with Crippen LogP contribution in [0.15, 0.2) is 51.5 Å². The van der Waals surface area contributed by atoms with Crippen molar-refractivity contribution in [3.05, 3.63) is 74.6 Å². The van der Waals surface area contributed by atoms with Crippen LogP contribution in [0.2, 0.25) is 0 Å². The van der Waals surface area contributed by atoms with E-state index < -0.39 is 21.3 Å². The van der Waals surface area contributed by atoms with Crippen molar-refractivity contribution in [1.29, 1.82) is 0 Å². The van der Waals surface area contributed by atoms with E-state index in [2.05, 4.69) is 10.3 Å². The van der Waals surface area contributed by atoms with Gasteiger partial charge in [0, 0.05) is 17.6 Å². The van der Waals surface area contributed by atoms with Crippen molar-refractivity contribution in [1.82, 2.24) is 10.3 Å². The molecule has 1 amide bonds. The molecule has 0 atom stereocenters. The van der Waals surface area contributed by atoms with Crippen molar-refractivity contribution in [2.45, 2.75) is 49.3 Å². The molecule has 152 valence electrons. The average molecular weight is 413 g/mol. The molecular weight excluding hydrogens is 388 g/mol. The van der Waals surface area contributed by atoms with Crippen molar-refractivity contribution in [2.24, 2.45) is 0 Å². The Morgan fingerprint density at radius 2 is 1.86 bits per heavy atom. The first kappa shape index (κ1) is 19.6. The van der Waals surface area contributed by atoms with E-state index in [4.69, 9.17) is 0 Å². The number of aryl methyl sites for hydroxylation is 2. The van der Waals surface area contributed by atoms with Crippen molar-refractivity contribution in [3.8, 4) is 0 Å². The largest absolute Gasteiger partial charge is 0.348 e. The Balaban J connectivity index is 1.38. The third-order valence-corrected chi connectivity index (χ3v) is 6.98. The average Bonchev–Trinajstić information content (AvgIpc) is 3.56. The van der Waals surface area contributed by atoms with E-state index in [0.29, 0.717) is 5.92 Å². The number of amides is 1. The Morgan fingerprint density at radius 1 is 1.14 bits per heavy atom. The zero-order valence-electron chi connectivity index (χ0n) is 16.1. The van der Waals surface area contributed by atoms with Crippen molar-refractivity contribution in [3.63, 3.8) is 0 Å². The molecule has 1 fully saturated rings. The van der Waals surface area contributed by atoms with E-state index in [0.717, 1.165) is 42.3 Å². The van der Waals surface area contributed by atoms with Crippen molar-refractivity contribution in [2.75, 3.05) is 6.54 Å². The van der Waals surface area contributed by atoms with Gasteiger partial charge in [-0.15, -0.1) is 0 Å². The van der Waals surface area contributed by atoms with Gasteiger partial charge in [-0.3, -0.25) is 9.59 Å². The van der Waals surface area contributed by atoms with Gasteiger partial charge in [-0.2, -0.15) is 0 Å². The van der Waals surface area contributed by atoms with Crippen LogP contribution < -0.4 is 10.9 Å². The minimum atomic E-state index is -3.56. The molecule has 0 aliphatic heterocycles. The standard InChI is InChI=1S/C22H24N2O4S/c25-21(19-14-17-4-1-2-5-20(17)24-22(19)26)23-12-3-13-29(27,28)18-10-8-16(9-11-18)15-6-7-15/h3,8-11,13-15H,1-2,4-7,12H2,(H,23,25)(H,24,26)/b13-3+. The minimum Gasteiger partial charge on any atom is -0.348 e. The summed E-state index contributed by atoms with van der Waals surface area (Å²) >= 11 is 0. The Bertz CT molecular complexity index is 1110. The van der Waals surface area contributed by atoms with Gasteiger partial charge in [0.25, 0.3) is 11.5 Å². The fraction of sp³-hybridized carbons (Fsp3) is 0.364. The lowest BCUT2D eigenvalue weighted by atomic mass is 9.95. The number of aromatic nitrogens is 1. The minimum absolute atomic E-state index is 0.0226. The van der Waals surface area contributed by atoms with Gasteiger partial charge in [0.2, 0.25) is 0 Å². The van der Waals surface area contributed by atoms with Crippen molar-refractivity contribution >= 4 is 15.7 Å². The Labute approximate surface area is 170 Å². The Hall–Kier alpha value is -2.67. The number of rotatable bonds is 6. The van der Waals surface area contributed by atoms with Gasteiger partial charge in [0.05, 0.1) is 4.90 Å². The lowest BCUT2D eigenvalue weighted by Crippen LogP contribution is -2.31. The molecule has 0 saturated heterocycles. The molecule has 2 aliphatic carbocycles. The maximum absolute atomic E-state index is 12.4. The summed E-state index contributed by atoms with van der Waals surface area (Å²) in [6.45, 7) is 0.0226. The molecule has 0 radical (unpaired) electrons. The van der Waals surface area contributed by atoms with E-state index in [1.807, 2.05) is 12.1 Å².